The van der Waals surface area contributed by atoms with Crippen molar-refractivity contribution in [2.45, 2.75) is 17.5 Å². The Morgan fingerprint density at radius 3 is 2.65 bits per heavy atom. The van der Waals surface area contributed by atoms with Gasteiger partial charge in [0.1, 0.15) is 23.4 Å². The highest BCUT2D eigenvalue weighted by Crippen LogP contribution is 2.46. The van der Waals surface area contributed by atoms with Gasteiger partial charge in [0.2, 0.25) is 11.8 Å². The molecule has 0 spiro atoms. The number of carbonyl (C=O) groups excluding carboxylic acids is 2. The number of benzene rings is 1. The summed E-state index contributed by atoms with van der Waals surface area (Å²) in [4.78, 5) is 27.8. The Labute approximate surface area is 159 Å². The van der Waals surface area contributed by atoms with E-state index in [2.05, 4.69) is 5.32 Å². The molecule has 0 bridgehead atoms. The summed E-state index contributed by atoms with van der Waals surface area (Å²) in [7, 11) is 7.25. The van der Waals surface area contributed by atoms with Gasteiger partial charge >= 0.3 is 0 Å². The molecule has 2 amide bonds. The molecule has 26 heavy (non-hydrogen) atoms. The third-order valence-electron chi connectivity index (χ3n) is 4.21. The van der Waals surface area contributed by atoms with E-state index in [0.29, 0.717) is 18.0 Å². The Balaban J connectivity index is 2.19. The Bertz CT molecular complexity index is 653. The maximum atomic E-state index is 12.6. The molecule has 1 saturated heterocycles. The first-order chi connectivity index (χ1) is 12.4. The van der Waals surface area contributed by atoms with Crippen molar-refractivity contribution in [3.63, 3.8) is 0 Å². The van der Waals surface area contributed by atoms with Gasteiger partial charge in [-0.05, 0) is 25.1 Å². The number of nitrogens with one attached hydrogen (secondary N) is 2. The third-order valence-corrected chi connectivity index (χ3v) is 5.59. The summed E-state index contributed by atoms with van der Waals surface area (Å²) in [5.74, 6) is 1.16. The summed E-state index contributed by atoms with van der Waals surface area (Å²) < 4.78 is 10.8. The number of nitrogens with zero attached hydrogens (tertiary/aromatic N) is 1. The van der Waals surface area contributed by atoms with Crippen molar-refractivity contribution in [3.05, 3.63) is 23.8 Å². The zero-order chi connectivity index (χ0) is 19.3. The molecule has 1 aromatic rings. The van der Waals surface area contributed by atoms with Crippen molar-refractivity contribution in [1.29, 1.82) is 0 Å². The molecule has 0 saturated carbocycles. The van der Waals surface area contributed by atoms with Crippen molar-refractivity contribution < 1.29 is 24.0 Å². The minimum Gasteiger partial charge on any atom is -0.497 e. The van der Waals surface area contributed by atoms with Crippen molar-refractivity contribution in [3.8, 4) is 11.5 Å². The lowest BCUT2D eigenvalue weighted by Gasteiger charge is -2.25. The highest BCUT2D eigenvalue weighted by atomic mass is 32.2. The van der Waals surface area contributed by atoms with Crippen LogP contribution in [0.4, 0.5) is 0 Å². The van der Waals surface area contributed by atoms with Crippen LogP contribution in [0.15, 0.2) is 18.2 Å². The maximum absolute atomic E-state index is 12.6. The van der Waals surface area contributed by atoms with Gasteiger partial charge in [-0.25, -0.2) is 0 Å². The number of hydrogen-bond acceptors (Lipinski definition) is 5. The molecule has 1 aliphatic rings. The number of methoxy groups -OCH3 is 2. The third kappa shape index (κ3) is 4.82. The molecule has 0 aromatic heterocycles. The lowest BCUT2D eigenvalue weighted by molar-refractivity contribution is -0.856. The standard InChI is InChI=1S/C18H27N3O4S/c1-12-17(23)21(11-16(22)19-8-9-20(2)3)18(26-12)14-10-13(24-4)6-7-15(14)25-5/h6-7,10,12,18H,8-9,11H2,1-5H3,(H,19,22)/p+1/t12-,18+/m1/s1. The molecule has 0 radical (unpaired) electrons. The van der Waals surface area contributed by atoms with E-state index in [1.807, 2.05) is 39.2 Å². The first-order valence-corrected chi connectivity index (χ1v) is 9.55. The van der Waals surface area contributed by atoms with E-state index in [9.17, 15) is 9.59 Å². The number of thioether (sulfide) groups is 1. The van der Waals surface area contributed by atoms with E-state index >= 15 is 0 Å². The quantitative estimate of drug-likeness (QED) is 0.658. The second-order valence-electron chi connectivity index (χ2n) is 6.51. The fraction of sp³-hybridized carbons (Fsp3) is 0.556. The minimum atomic E-state index is -0.284. The van der Waals surface area contributed by atoms with Crippen LogP contribution in [0.3, 0.4) is 0 Å². The van der Waals surface area contributed by atoms with Crippen LogP contribution >= 0.6 is 11.8 Å². The van der Waals surface area contributed by atoms with Gasteiger partial charge in [0, 0.05) is 5.56 Å². The normalized spacial score (nSPS) is 19.8. The highest BCUT2D eigenvalue weighted by molar-refractivity contribution is 8.01. The molecule has 2 rings (SSSR count). The molecule has 1 fully saturated rings. The molecule has 2 atom stereocenters. The van der Waals surface area contributed by atoms with Crippen LogP contribution in [0.25, 0.3) is 0 Å². The van der Waals surface area contributed by atoms with Gasteiger partial charge in [-0.3, -0.25) is 9.59 Å². The number of ether oxygens (including phenoxy) is 2. The van der Waals surface area contributed by atoms with E-state index in [0.717, 1.165) is 12.1 Å². The van der Waals surface area contributed by atoms with Gasteiger partial charge in [-0.2, -0.15) is 0 Å². The molecule has 8 heteroatoms. The zero-order valence-corrected chi connectivity index (χ0v) is 16.8. The van der Waals surface area contributed by atoms with Gasteiger partial charge in [0.25, 0.3) is 0 Å². The monoisotopic (exact) mass is 382 g/mol. The molecular formula is C18H28N3O4S+. The SMILES string of the molecule is COc1ccc(OC)c([C@@H]2S[C@H](C)C(=O)N2CC(=O)NCC[NH+](C)C)c1. The highest BCUT2D eigenvalue weighted by Gasteiger charge is 2.40. The van der Waals surface area contributed by atoms with E-state index < -0.39 is 0 Å². The summed E-state index contributed by atoms with van der Waals surface area (Å²) in [5, 5.41) is 2.38. The van der Waals surface area contributed by atoms with Crippen molar-refractivity contribution >= 4 is 23.6 Å². The summed E-state index contributed by atoms with van der Waals surface area (Å²) in [6.07, 6.45) is 0. The molecular weight excluding hydrogens is 354 g/mol. The predicted molar refractivity (Wildman–Crippen MR) is 102 cm³/mol. The molecule has 1 heterocycles. The Morgan fingerprint density at radius 2 is 2.04 bits per heavy atom. The second-order valence-corrected chi connectivity index (χ2v) is 7.94. The topological polar surface area (TPSA) is 72.3 Å². The number of carbonyl (C=O) groups is 2. The summed E-state index contributed by atoms with van der Waals surface area (Å²) in [6.45, 7) is 3.31. The van der Waals surface area contributed by atoms with Crippen LogP contribution in [-0.4, -0.2) is 69.9 Å². The van der Waals surface area contributed by atoms with Gasteiger partial charge in [-0.15, -0.1) is 11.8 Å². The van der Waals surface area contributed by atoms with Crippen LogP contribution in [0.1, 0.15) is 17.9 Å². The Morgan fingerprint density at radius 1 is 1.31 bits per heavy atom. The number of amides is 2. The lowest BCUT2D eigenvalue weighted by atomic mass is 10.1. The summed E-state index contributed by atoms with van der Waals surface area (Å²) in [6, 6.07) is 5.50. The predicted octanol–water partition coefficient (Wildman–Crippen LogP) is -0.0730. The van der Waals surface area contributed by atoms with Crippen LogP contribution in [0, 0.1) is 0 Å². The largest absolute Gasteiger partial charge is 0.497 e. The van der Waals surface area contributed by atoms with Gasteiger partial charge in [0.15, 0.2) is 0 Å². The van der Waals surface area contributed by atoms with Crippen LogP contribution in [0.5, 0.6) is 11.5 Å². The Hall–Kier alpha value is -1.93. The maximum Gasteiger partial charge on any atom is 0.239 e. The average Bonchev–Trinajstić information content (AvgIpc) is 2.89. The van der Waals surface area contributed by atoms with E-state index in [-0.39, 0.29) is 29.0 Å². The fourth-order valence-electron chi connectivity index (χ4n) is 2.77. The molecule has 0 unspecified atom stereocenters. The molecule has 1 aliphatic heterocycles. The molecule has 1 aromatic carbocycles. The zero-order valence-electron chi connectivity index (χ0n) is 16.0. The Kier molecular flexibility index (Phi) is 7.16. The molecule has 0 aliphatic carbocycles. The van der Waals surface area contributed by atoms with Crippen molar-refractivity contribution in [2.75, 3.05) is 47.9 Å². The minimum absolute atomic E-state index is 0.0317. The second kappa shape index (κ2) is 9.14. The van der Waals surface area contributed by atoms with E-state index in [1.54, 1.807) is 19.1 Å². The fourth-order valence-corrected chi connectivity index (χ4v) is 4.07. The number of rotatable bonds is 8. The van der Waals surface area contributed by atoms with Crippen molar-refractivity contribution in [1.82, 2.24) is 10.2 Å². The van der Waals surface area contributed by atoms with Crippen LogP contribution in [-0.2, 0) is 9.59 Å². The van der Waals surface area contributed by atoms with Gasteiger partial charge < -0.3 is 24.6 Å². The van der Waals surface area contributed by atoms with Gasteiger partial charge in [-0.1, -0.05) is 0 Å². The lowest BCUT2D eigenvalue weighted by Crippen LogP contribution is -3.06. The number of hydrogen-bond donors (Lipinski definition) is 2. The molecule has 7 nitrogen and oxygen atoms in total. The first-order valence-electron chi connectivity index (χ1n) is 8.61. The van der Waals surface area contributed by atoms with Crippen LogP contribution < -0.4 is 19.7 Å². The van der Waals surface area contributed by atoms with Crippen molar-refractivity contribution in [2.24, 2.45) is 0 Å². The van der Waals surface area contributed by atoms with Gasteiger partial charge in [0.05, 0.1) is 46.7 Å². The summed E-state index contributed by atoms with van der Waals surface area (Å²) in [5.41, 5.74) is 0.833. The average molecular weight is 383 g/mol. The first kappa shape index (κ1) is 20.4. The van der Waals surface area contributed by atoms with Crippen LogP contribution in [0.2, 0.25) is 0 Å². The number of quaternary nitrogens is 1. The molecule has 144 valence electrons. The number of likely N-dealkylation sites (N-methyl/N-ethyl adjacent to an activating group) is 1. The smallest absolute Gasteiger partial charge is 0.239 e. The molecule has 2 N–H and O–H groups in total. The van der Waals surface area contributed by atoms with E-state index in [4.69, 9.17) is 9.47 Å². The van der Waals surface area contributed by atoms with E-state index in [1.165, 1.54) is 16.7 Å². The summed E-state index contributed by atoms with van der Waals surface area (Å²) >= 11 is 1.51.